The molecule has 1 aliphatic carbocycles. The van der Waals surface area contributed by atoms with Gasteiger partial charge in [-0.1, -0.05) is 0 Å². The first kappa shape index (κ1) is 8.23. The third-order valence-corrected chi connectivity index (χ3v) is 2.41. The number of aromatic amines is 1. The molecule has 0 saturated heterocycles. The van der Waals surface area contributed by atoms with Crippen molar-refractivity contribution in [1.82, 2.24) is 4.98 Å². The summed E-state index contributed by atoms with van der Waals surface area (Å²) in [6.07, 6.45) is 4.94. The molecule has 1 aromatic heterocycles. The monoisotopic (exact) mass is 177 g/mol. The number of hydrogen-bond donors (Lipinski definition) is 1. The average molecular weight is 177 g/mol. The van der Waals surface area contributed by atoms with E-state index in [1.54, 1.807) is 12.3 Å². The molecule has 3 nitrogen and oxygen atoms in total. The Morgan fingerprint density at radius 2 is 1.92 bits per heavy atom. The first-order valence-electron chi connectivity index (χ1n) is 4.52. The number of Topliss-reactive ketones (excluding diaryl/α,β-unsaturated/α-hetero) is 1. The summed E-state index contributed by atoms with van der Waals surface area (Å²) in [6.45, 7) is 0. The highest BCUT2D eigenvalue weighted by molar-refractivity contribution is 5.97. The van der Waals surface area contributed by atoms with E-state index in [1.165, 1.54) is 0 Å². The number of carbonyl (C=O) groups is 1. The first-order valence-corrected chi connectivity index (χ1v) is 4.52. The van der Waals surface area contributed by atoms with E-state index in [0.29, 0.717) is 12.0 Å². The maximum Gasteiger partial charge on any atom is 0.248 e. The molecule has 0 radical (unpaired) electrons. The molecule has 1 N–H and O–H groups in total. The van der Waals surface area contributed by atoms with Gasteiger partial charge in [0.05, 0.1) is 0 Å². The van der Waals surface area contributed by atoms with Gasteiger partial charge >= 0.3 is 0 Å². The van der Waals surface area contributed by atoms with Crippen LogP contribution < -0.4 is 5.56 Å². The number of hydrogen-bond acceptors (Lipinski definition) is 2. The zero-order valence-electron chi connectivity index (χ0n) is 7.30. The highest BCUT2D eigenvalue weighted by atomic mass is 16.1. The second-order valence-corrected chi connectivity index (χ2v) is 3.37. The fourth-order valence-corrected chi connectivity index (χ4v) is 1.72. The fraction of sp³-hybridized carbons (Fsp3) is 0.400. The molecule has 1 aromatic rings. The van der Waals surface area contributed by atoms with Gasteiger partial charge in [-0.2, -0.15) is 0 Å². The summed E-state index contributed by atoms with van der Waals surface area (Å²) in [6, 6.07) is 1.54. The van der Waals surface area contributed by atoms with Gasteiger partial charge in [0.2, 0.25) is 5.56 Å². The number of aromatic nitrogens is 1. The lowest BCUT2D eigenvalue weighted by atomic mass is 10.1. The minimum atomic E-state index is -0.117. The van der Waals surface area contributed by atoms with Gasteiger partial charge in [-0.15, -0.1) is 0 Å². The molecule has 0 saturated carbocycles. The summed E-state index contributed by atoms with van der Waals surface area (Å²) >= 11 is 0. The van der Waals surface area contributed by atoms with Crippen LogP contribution in [0.5, 0.6) is 0 Å². The normalized spacial score (nSPS) is 16.5. The van der Waals surface area contributed by atoms with Crippen LogP contribution in [-0.4, -0.2) is 10.8 Å². The van der Waals surface area contributed by atoms with E-state index in [1.807, 2.05) is 0 Å². The second kappa shape index (κ2) is 3.17. The Morgan fingerprint density at radius 3 is 2.77 bits per heavy atom. The molecular weight excluding hydrogens is 166 g/mol. The molecule has 68 valence electrons. The summed E-state index contributed by atoms with van der Waals surface area (Å²) in [4.78, 5) is 25.0. The minimum absolute atomic E-state index is 0.117. The molecule has 0 aliphatic heterocycles. The molecule has 13 heavy (non-hydrogen) atoms. The topological polar surface area (TPSA) is 49.9 Å². The van der Waals surface area contributed by atoms with Crippen molar-refractivity contribution < 1.29 is 4.79 Å². The van der Waals surface area contributed by atoms with Crippen molar-refractivity contribution in [3.8, 4) is 0 Å². The molecule has 0 atom stereocenters. The first-order chi connectivity index (χ1) is 6.27. The lowest BCUT2D eigenvalue weighted by Gasteiger charge is -2.01. The third-order valence-electron chi connectivity index (χ3n) is 2.41. The Labute approximate surface area is 75.8 Å². The van der Waals surface area contributed by atoms with Gasteiger partial charge in [0.25, 0.3) is 0 Å². The molecule has 1 aliphatic rings. The molecule has 2 rings (SSSR count). The Kier molecular flexibility index (Phi) is 2.00. The number of nitrogens with one attached hydrogen (secondary N) is 1. The number of carbonyl (C=O) groups excluding carboxylic acids is 1. The van der Waals surface area contributed by atoms with E-state index < -0.39 is 0 Å². The fourth-order valence-electron chi connectivity index (χ4n) is 1.72. The summed E-state index contributed by atoms with van der Waals surface area (Å²) in [5.41, 5.74) is 1.50. The molecule has 3 heteroatoms. The van der Waals surface area contributed by atoms with Crippen LogP contribution in [0.4, 0.5) is 0 Å². The maximum absolute atomic E-state index is 11.5. The zero-order valence-corrected chi connectivity index (χ0v) is 7.30. The minimum Gasteiger partial charge on any atom is -0.328 e. The summed E-state index contributed by atoms with van der Waals surface area (Å²) in [5, 5.41) is 0. The van der Waals surface area contributed by atoms with Crippen LogP contribution in [0.2, 0.25) is 0 Å². The summed E-state index contributed by atoms with van der Waals surface area (Å²) < 4.78 is 0. The molecule has 0 amide bonds. The van der Waals surface area contributed by atoms with Crippen LogP contribution in [0.3, 0.4) is 0 Å². The highest BCUT2D eigenvalue weighted by Crippen LogP contribution is 2.17. The van der Waals surface area contributed by atoms with Crippen LogP contribution in [0, 0.1) is 0 Å². The van der Waals surface area contributed by atoms with Crippen LogP contribution in [-0.2, 0) is 6.42 Å². The standard InChI is InChI=1S/C10H11NO2/c12-9-4-2-1-3-7-5-10(13)11-6-8(7)9/h5-6H,1-4H2,(H,11,13). The van der Waals surface area contributed by atoms with Crippen molar-refractivity contribution in [2.45, 2.75) is 25.7 Å². The Morgan fingerprint density at radius 1 is 1.15 bits per heavy atom. The molecular formula is C10H11NO2. The Hall–Kier alpha value is -1.38. The quantitative estimate of drug-likeness (QED) is 0.607. The molecule has 0 bridgehead atoms. The lowest BCUT2D eigenvalue weighted by molar-refractivity contribution is 0.0981. The van der Waals surface area contributed by atoms with Crippen molar-refractivity contribution in [2.75, 3.05) is 0 Å². The van der Waals surface area contributed by atoms with E-state index in [2.05, 4.69) is 4.98 Å². The van der Waals surface area contributed by atoms with Crippen molar-refractivity contribution in [2.24, 2.45) is 0 Å². The van der Waals surface area contributed by atoms with E-state index in [-0.39, 0.29) is 11.3 Å². The molecule has 0 spiro atoms. The lowest BCUT2D eigenvalue weighted by Crippen LogP contribution is -2.10. The molecule has 0 fully saturated rings. The Balaban J connectivity index is 2.54. The summed E-state index contributed by atoms with van der Waals surface area (Å²) in [5.74, 6) is 0.156. The number of rotatable bonds is 0. The van der Waals surface area contributed by atoms with Gasteiger partial charge < -0.3 is 4.98 Å². The van der Waals surface area contributed by atoms with Crippen molar-refractivity contribution >= 4 is 5.78 Å². The van der Waals surface area contributed by atoms with E-state index in [9.17, 15) is 9.59 Å². The van der Waals surface area contributed by atoms with Crippen LogP contribution in [0.1, 0.15) is 35.2 Å². The van der Waals surface area contributed by atoms with E-state index in [0.717, 1.165) is 24.8 Å². The van der Waals surface area contributed by atoms with Gasteiger partial charge in [0, 0.05) is 24.2 Å². The Bertz CT molecular complexity index is 392. The number of pyridine rings is 1. The van der Waals surface area contributed by atoms with Gasteiger partial charge in [-0.3, -0.25) is 9.59 Å². The average Bonchev–Trinajstić information content (AvgIpc) is 2.28. The van der Waals surface area contributed by atoms with E-state index in [4.69, 9.17) is 0 Å². The molecule has 0 unspecified atom stereocenters. The van der Waals surface area contributed by atoms with Crippen molar-refractivity contribution in [1.29, 1.82) is 0 Å². The SMILES string of the molecule is O=C1CCCCc2cc(=O)[nH]cc21. The number of aryl methyl sites for hydroxylation is 1. The summed E-state index contributed by atoms with van der Waals surface area (Å²) in [7, 11) is 0. The van der Waals surface area contributed by atoms with Crippen LogP contribution in [0.25, 0.3) is 0 Å². The molecule has 1 heterocycles. The van der Waals surface area contributed by atoms with Crippen molar-refractivity contribution in [3.05, 3.63) is 33.7 Å². The van der Waals surface area contributed by atoms with Crippen molar-refractivity contribution in [3.63, 3.8) is 0 Å². The molecule has 0 aromatic carbocycles. The van der Waals surface area contributed by atoms with Gasteiger partial charge in [-0.25, -0.2) is 0 Å². The predicted molar refractivity (Wildman–Crippen MR) is 48.9 cm³/mol. The third kappa shape index (κ3) is 1.54. The van der Waals surface area contributed by atoms with E-state index >= 15 is 0 Å². The van der Waals surface area contributed by atoms with Crippen LogP contribution in [0.15, 0.2) is 17.1 Å². The van der Waals surface area contributed by atoms with Crippen LogP contribution >= 0.6 is 0 Å². The smallest absolute Gasteiger partial charge is 0.248 e. The number of ketones is 1. The zero-order chi connectivity index (χ0) is 9.26. The van der Waals surface area contributed by atoms with Gasteiger partial charge in [0.1, 0.15) is 0 Å². The van der Waals surface area contributed by atoms with Gasteiger partial charge in [0.15, 0.2) is 5.78 Å². The second-order valence-electron chi connectivity index (χ2n) is 3.37. The number of H-pyrrole nitrogens is 1. The number of fused-ring (bicyclic) bond motifs is 1. The maximum atomic E-state index is 11.5. The predicted octanol–water partition coefficient (Wildman–Crippen LogP) is 1.28. The van der Waals surface area contributed by atoms with Gasteiger partial charge in [-0.05, 0) is 24.8 Å². The largest absolute Gasteiger partial charge is 0.328 e. The highest BCUT2D eigenvalue weighted by Gasteiger charge is 2.15.